The van der Waals surface area contributed by atoms with Gasteiger partial charge in [-0.15, -0.1) is 0 Å². The number of fused-ring (bicyclic) bond motifs is 1. The minimum atomic E-state index is -0.157. The third-order valence-corrected chi connectivity index (χ3v) is 8.00. The van der Waals surface area contributed by atoms with Crippen molar-refractivity contribution in [2.75, 3.05) is 11.9 Å². The molecule has 2 aromatic rings. The number of amides is 1. The molecule has 162 valence electrons. The van der Waals surface area contributed by atoms with Crippen LogP contribution in [0.2, 0.25) is 0 Å². The van der Waals surface area contributed by atoms with Gasteiger partial charge in [0.1, 0.15) is 12.1 Å². The number of anilines is 1. The molecule has 2 atom stereocenters. The topological polar surface area (TPSA) is 75.9 Å². The Morgan fingerprint density at radius 2 is 1.87 bits per heavy atom. The molecule has 7 heteroatoms. The van der Waals surface area contributed by atoms with Crippen LogP contribution in [0.5, 0.6) is 0 Å². The number of nitrogens with one attached hydrogen (secondary N) is 1. The molecule has 2 heterocycles. The molecular weight excluding hydrogens is 376 g/mol. The lowest BCUT2D eigenvalue weighted by Crippen LogP contribution is -2.39. The molecule has 0 aromatic carbocycles. The quantitative estimate of drug-likeness (QED) is 0.753. The molecule has 4 fully saturated rings. The largest absolute Gasteiger partial charge is 0.309 e. The summed E-state index contributed by atoms with van der Waals surface area (Å²) in [6.07, 6.45) is 9.29. The normalized spacial score (nSPS) is 29.8. The lowest BCUT2D eigenvalue weighted by atomic mass is 9.75. The Kier molecular flexibility index (Phi) is 4.84. The molecule has 6 rings (SSSR count). The number of hydrogen-bond donors (Lipinski definition) is 1. The highest BCUT2D eigenvalue weighted by Gasteiger charge is 2.61. The molecule has 2 aromatic heterocycles. The fraction of sp³-hybridized carbons (Fsp3) is 0.739. The fourth-order valence-corrected chi connectivity index (χ4v) is 6.88. The van der Waals surface area contributed by atoms with Crippen LogP contribution in [0.3, 0.4) is 0 Å². The second kappa shape index (κ2) is 7.29. The van der Waals surface area contributed by atoms with Crippen molar-refractivity contribution >= 4 is 22.8 Å². The van der Waals surface area contributed by atoms with Crippen LogP contribution in [0.15, 0.2) is 12.5 Å². The predicted octanol–water partition coefficient (Wildman–Crippen LogP) is 3.71. The monoisotopic (exact) mass is 410 g/mol. The van der Waals surface area contributed by atoms with Crippen LogP contribution in [0.25, 0.3) is 11.0 Å². The standard InChI is InChI=1S/C23H34N6O/c1-14(2)28(15(3)4)5-6-29-21-19(12-26-29)20(24-13-25-21)27-22(30)23-10-16-7-17(11-23)9-18(23)8-16/h12-18H,5-11H2,1-4H3,(H,24,25,27,30). The molecule has 4 bridgehead atoms. The van der Waals surface area contributed by atoms with Crippen LogP contribution in [0, 0.1) is 23.2 Å². The van der Waals surface area contributed by atoms with Gasteiger partial charge in [0.25, 0.3) is 0 Å². The van der Waals surface area contributed by atoms with Crippen molar-refractivity contribution in [3.05, 3.63) is 12.5 Å². The van der Waals surface area contributed by atoms with Crippen LogP contribution in [0.4, 0.5) is 5.82 Å². The van der Waals surface area contributed by atoms with Gasteiger partial charge in [0.05, 0.1) is 23.5 Å². The highest BCUT2D eigenvalue weighted by atomic mass is 16.2. The third-order valence-electron chi connectivity index (χ3n) is 8.00. The summed E-state index contributed by atoms with van der Waals surface area (Å²) < 4.78 is 1.94. The first kappa shape index (κ1) is 19.9. The van der Waals surface area contributed by atoms with Crippen molar-refractivity contribution in [1.82, 2.24) is 24.6 Å². The molecule has 1 N–H and O–H groups in total. The Bertz CT molecular complexity index is 928. The van der Waals surface area contributed by atoms with Gasteiger partial charge in [-0.25, -0.2) is 14.6 Å². The van der Waals surface area contributed by atoms with Crippen molar-refractivity contribution in [2.24, 2.45) is 23.2 Å². The summed E-state index contributed by atoms with van der Waals surface area (Å²) in [5, 5.41) is 8.60. The highest BCUT2D eigenvalue weighted by Crippen LogP contribution is 2.65. The zero-order valence-corrected chi connectivity index (χ0v) is 18.6. The van der Waals surface area contributed by atoms with E-state index in [2.05, 4.69) is 53.0 Å². The van der Waals surface area contributed by atoms with Crippen LogP contribution in [0.1, 0.15) is 59.8 Å². The zero-order chi connectivity index (χ0) is 21.0. The van der Waals surface area contributed by atoms with Crippen molar-refractivity contribution in [1.29, 1.82) is 0 Å². The molecule has 2 unspecified atom stereocenters. The molecule has 0 radical (unpaired) electrons. The number of rotatable bonds is 7. The molecule has 1 amide bonds. The minimum Gasteiger partial charge on any atom is -0.309 e. The fourth-order valence-electron chi connectivity index (χ4n) is 6.88. The zero-order valence-electron chi connectivity index (χ0n) is 18.6. The summed E-state index contributed by atoms with van der Waals surface area (Å²) in [6.45, 7) is 10.6. The maximum Gasteiger partial charge on any atom is 0.232 e. The molecule has 30 heavy (non-hydrogen) atoms. The molecule has 4 aliphatic carbocycles. The van der Waals surface area contributed by atoms with Crippen LogP contribution >= 0.6 is 0 Å². The second-order valence-electron chi connectivity index (χ2n) is 10.4. The Hall–Kier alpha value is -2.02. The van der Waals surface area contributed by atoms with Crippen LogP contribution < -0.4 is 5.32 Å². The number of carbonyl (C=O) groups is 1. The Morgan fingerprint density at radius 3 is 2.53 bits per heavy atom. The van der Waals surface area contributed by atoms with E-state index in [4.69, 9.17) is 0 Å². The van der Waals surface area contributed by atoms with Gasteiger partial charge in [-0.3, -0.25) is 9.69 Å². The van der Waals surface area contributed by atoms with Gasteiger partial charge in [-0.2, -0.15) is 5.10 Å². The van der Waals surface area contributed by atoms with Crippen molar-refractivity contribution in [3.63, 3.8) is 0 Å². The molecule has 4 saturated carbocycles. The summed E-state index contributed by atoms with van der Waals surface area (Å²) in [5.41, 5.74) is 0.637. The predicted molar refractivity (Wildman–Crippen MR) is 117 cm³/mol. The third kappa shape index (κ3) is 3.13. The first-order valence-corrected chi connectivity index (χ1v) is 11.6. The van der Waals surface area contributed by atoms with Crippen LogP contribution in [-0.2, 0) is 11.3 Å². The Morgan fingerprint density at radius 1 is 1.17 bits per heavy atom. The molecule has 0 aliphatic heterocycles. The molecule has 4 aliphatic rings. The molecule has 7 nitrogen and oxygen atoms in total. The average Bonchev–Trinajstić information content (AvgIpc) is 3.29. The second-order valence-corrected chi connectivity index (χ2v) is 10.4. The van der Waals surface area contributed by atoms with Crippen molar-refractivity contribution < 1.29 is 4.79 Å². The van der Waals surface area contributed by atoms with Crippen molar-refractivity contribution in [3.8, 4) is 0 Å². The van der Waals surface area contributed by atoms with Gasteiger partial charge in [0.15, 0.2) is 5.65 Å². The Balaban J connectivity index is 1.35. The van der Waals surface area contributed by atoms with E-state index in [-0.39, 0.29) is 11.3 Å². The summed E-state index contributed by atoms with van der Waals surface area (Å²) >= 11 is 0. The molecule has 0 saturated heterocycles. The number of nitrogens with zero attached hydrogens (tertiary/aromatic N) is 5. The van der Waals surface area contributed by atoms with E-state index < -0.39 is 0 Å². The van der Waals surface area contributed by atoms with E-state index in [1.807, 2.05) is 4.68 Å². The maximum atomic E-state index is 13.4. The molecular formula is C23H34N6O. The van der Waals surface area contributed by atoms with Gasteiger partial charge >= 0.3 is 0 Å². The van der Waals surface area contributed by atoms with Gasteiger partial charge in [0.2, 0.25) is 5.91 Å². The smallest absolute Gasteiger partial charge is 0.232 e. The summed E-state index contributed by atoms with van der Waals surface area (Å²) in [6, 6.07) is 0.958. The van der Waals surface area contributed by atoms with E-state index in [1.165, 1.54) is 19.3 Å². The van der Waals surface area contributed by atoms with E-state index in [9.17, 15) is 4.79 Å². The maximum absolute atomic E-state index is 13.4. The van der Waals surface area contributed by atoms with Gasteiger partial charge in [-0.1, -0.05) is 0 Å². The minimum absolute atomic E-state index is 0.157. The van der Waals surface area contributed by atoms with E-state index >= 15 is 0 Å². The van der Waals surface area contributed by atoms with Crippen molar-refractivity contribution in [2.45, 2.75) is 78.4 Å². The van der Waals surface area contributed by atoms with E-state index in [1.54, 1.807) is 12.5 Å². The van der Waals surface area contributed by atoms with Gasteiger partial charge < -0.3 is 5.32 Å². The first-order chi connectivity index (χ1) is 14.4. The van der Waals surface area contributed by atoms with E-state index in [0.29, 0.717) is 23.8 Å². The summed E-state index contributed by atoms with van der Waals surface area (Å²) in [4.78, 5) is 24.7. The summed E-state index contributed by atoms with van der Waals surface area (Å²) in [5.74, 6) is 2.87. The van der Waals surface area contributed by atoms with Gasteiger partial charge in [0, 0.05) is 18.6 Å². The average molecular weight is 411 g/mol. The number of hydrogen-bond acceptors (Lipinski definition) is 5. The van der Waals surface area contributed by atoms with E-state index in [0.717, 1.165) is 48.8 Å². The Labute approximate surface area is 178 Å². The van der Waals surface area contributed by atoms with Gasteiger partial charge in [-0.05, 0) is 77.6 Å². The highest BCUT2D eigenvalue weighted by molar-refractivity contribution is 6.01. The lowest BCUT2D eigenvalue weighted by molar-refractivity contribution is -0.127. The first-order valence-electron chi connectivity index (χ1n) is 11.6. The lowest BCUT2D eigenvalue weighted by Gasteiger charge is -2.31. The van der Waals surface area contributed by atoms with Crippen LogP contribution in [-0.4, -0.2) is 49.2 Å². The number of aromatic nitrogens is 4. The SMILES string of the molecule is CC(C)N(CCn1ncc2c(NC(=O)C34CC5CC(CC3C5)C4)ncnc21)C(C)C. The molecule has 0 spiro atoms. The summed E-state index contributed by atoms with van der Waals surface area (Å²) in [7, 11) is 0. The number of carbonyl (C=O) groups excluding carboxylic acids is 1.